The predicted molar refractivity (Wildman–Crippen MR) is 84.0 cm³/mol. The summed E-state index contributed by atoms with van der Waals surface area (Å²) >= 11 is 0. The van der Waals surface area contributed by atoms with E-state index in [4.69, 9.17) is 4.98 Å². The quantitative estimate of drug-likeness (QED) is 0.928. The Kier molecular flexibility index (Phi) is 3.99. The Bertz CT molecular complexity index is 586. The van der Waals surface area contributed by atoms with Gasteiger partial charge in [0.2, 0.25) is 0 Å². The van der Waals surface area contributed by atoms with Crippen LogP contribution in [0.2, 0.25) is 0 Å². The van der Waals surface area contributed by atoms with Crippen LogP contribution < -0.4 is 5.32 Å². The van der Waals surface area contributed by atoms with E-state index < -0.39 is 0 Å². The second-order valence-electron chi connectivity index (χ2n) is 5.94. The minimum Gasteiger partial charge on any atom is -0.314 e. The van der Waals surface area contributed by atoms with E-state index in [0.717, 1.165) is 38.2 Å². The fraction of sp³-hybridized carbons (Fsp3) is 0.471. The lowest BCUT2D eigenvalue weighted by Gasteiger charge is -2.27. The molecule has 1 fully saturated rings. The highest BCUT2D eigenvalue weighted by molar-refractivity contribution is 5.79. The molecule has 0 amide bonds. The Morgan fingerprint density at radius 3 is 2.70 bits per heavy atom. The molecule has 0 radical (unpaired) electrons. The maximum absolute atomic E-state index is 4.74. The summed E-state index contributed by atoms with van der Waals surface area (Å²) in [5, 5.41) is 4.65. The Balaban J connectivity index is 1.81. The van der Waals surface area contributed by atoms with Gasteiger partial charge in [-0.2, -0.15) is 0 Å². The molecule has 0 bridgehead atoms. The maximum atomic E-state index is 4.74. The molecule has 2 heterocycles. The number of rotatable bonds is 3. The molecule has 0 spiro atoms. The first-order valence-corrected chi connectivity index (χ1v) is 7.55. The first kappa shape index (κ1) is 13.5. The van der Waals surface area contributed by atoms with Crippen molar-refractivity contribution in [3.05, 3.63) is 41.6 Å². The number of nitrogens with one attached hydrogen (secondary N) is 1. The zero-order valence-electron chi connectivity index (χ0n) is 12.4. The molecule has 106 valence electrons. The van der Waals surface area contributed by atoms with Crippen LogP contribution in [0.25, 0.3) is 10.9 Å². The summed E-state index contributed by atoms with van der Waals surface area (Å²) in [4.78, 5) is 7.25. The minimum absolute atomic E-state index is 0.486. The fourth-order valence-corrected chi connectivity index (χ4v) is 2.74. The van der Waals surface area contributed by atoms with Gasteiger partial charge in [0.15, 0.2) is 0 Å². The second kappa shape index (κ2) is 5.90. The van der Waals surface area contributed by atoms with Gasteiger partial charge >= 0.3 is 0 Å². The Labute approximate surface area is 121 Å². The molecule has 1 aliphatic heterocycles. The third kappa shape index (κ3) is 3.00. The van der Waals surface area contributed by atoms with Gasteiger partial charge in [-0.15, -0.1) is 0 Å². The van der Waals surface area contributed by atoms with Gasteiger partial charge in [0.05, 0.1) is 5.52 Å². The summed E-state index contributed by atoms with van der Waals surface area (Å²) in [6, 6.07) is 11.0. The lowest BCUT2D eigenvalue weighted by atomic mass is 10.1. The highest BCUT2D eigenvalue weighted by Gasteiger charge is 2.10. The average molecular weight is 269 g/mol. The van der Waals surface area contributed by atoms with Crippen LogP contribution >= 0.6 is 0 Å². The second-order valence-corrected chi connectivity index (χ2v) is 5.94. The molecule has 0 unspecified atom stereocenters. The molecule has 2 aromatic rings. The molecule has 0 saturated carbocycles. The van der Waals surface area contributed by atoms with E-state index in [0.29, 0.717) is 5.92 Å². The number of hydrogen-bond donors (Lipinski definition) is 1. The average Bonchev–Trinajstić information content (AvgIpc) is 2.47. The summed E-state index contributed by atoms with van der Waals surface area (Å²) in [7, 11) is 0. The molecule has 1 aromatic carbocycles. The summed E-state index contributed by atoms with van der Waals surface area (Å²) in [5.74, 6) is 0.486. The molecule has 1 aliphatic rings. The molecule has 1 saturated heterocycles. The standard InChI is InChI=1S/C17H23N3/c1-13(2)16-6-4-15-11-14(3-5-17(15)19-16)12-20-9-7-18-8-10-20/h3-6,11,13,18H,7-10,12H2,1-2H3. The Morgan fingerprint density at radius 1 is 1.15 bits per heavy atom. The molecule has 3 heteroatoms. The fourth-order valence-electron chi connectivity index (χ4n) is 2.74. The zero-order valence-corrected chi connectivity index (χ0v) is 12.4. The van der Waals surface area contributed by atoms with Gasteiger partial charge in [0, 0.05) is 43.8 Å². The molecule has 0 aliphatic carbocycles. The van der Waals surface area contributed by atoms with E-state index in [9.17, 15) is 0 Å². The topological polar surface area (TPSA) is 28.2 Å². The molecular weight excluding hydrogens is 246 g/mol. The van der Waals surface area contributed by atoms with Gasteiger partial charge in [-0.3, -0.25) is 9.88 Å². The number of hydrogen-bond acceptors (Lipinski definition) is 3. The molecule has 1 N–H and O–H groups in total. The monoisotopic (exact) mass is 269 g/mol. The number of fused-ring (bicyclic) bond motifs is 1. The van der Waals surface area contributed by atoms with Crippen LogP contribution in [-0.4, -0.2) is 36.1 Å². The first-order chi connectivity index (χ1) is 9.72. The largest absolute Gasteiger partial charge is 0.314 e. The lowest BCUT2D eigenvalue weighted by Crippen LogP contribution is -2.42. The highest BCUT2D eigenvalue weighted by Crippen LogP contribution is 2.19. The van der Waals surface area contributed by atoms with E-state index >= 15 is 0 Å². The van der Waals surface area contributed by atoms with Crippen LogP contribution in [-0.2, 0) is 6.54 Å². The molecule has 1 aromatic heterocycles. The smallest absolute Gasteiger partial charge is 0.0705 e. The van der Waals surface area contributed by atoms with E-state index in [2.05, 4.69) is 54.4 Å². The third-order valence-corrected chi connectivity index (χ3v) is 3.98. The van der Waals surface area contributed by atoms with Crippen LogP contribution in [0.4, 0.5) is 0 Å². The van der Waals surface area contributed by atoms with Crippen LogP contribution in [0.1, 0.15) is 31.0 Å². The number of nitrogens with zero attached hydrogens (tertiary/aromatic N) is 2. The van der Waals surface area contributed by atoms with E-state index in [1.165, 1.54) is 16.6 Å². The van der Waals surface area contributed by atoms with Crippen molar-refractivity contribution >= 4 is 10.9 Å². The van der Waals surface area contributed by atoms with Crippen LogP contribution in [0.3, 0.4) is 0 Å². The number of pyridine rings is 1. The van der Waals surface area contributed by atoms with Crippen molar-refractivity contribution in [2.75, 3.05) is 26.2 Å². The Morgan fingerprint density at radius 2 is 1.95 bits per heavy atom. The number of aromatic nitrogens is 1. The summed E-state index contributed by atoms with van der Waals surface area (Å²) in [6.07, 6.45) is 0. The third-order valence-electron chi connectivity index (χ3n) is 3.98. The SMILES string of the molecule is CC(C)c1ccc2cc(CN3CCNCC3)ccc2n1. The molecular formula is C17H23N3. The predicted octanol–water partition coefficient (Wildman–Crippen LogP) is 2.76. The first-order valence-electron chi connectivity index (χ1n) is 7.55. The van der Waals surface area contributed by atoms with E-state index in [1.54, 1.807) is 0 Å². The van der Waals surface area contributed by atoms with Crippen molar-refractivity contribution in [3.63, 3.8) is 0 Å². The van der Waals surface area contributed by atoms with Crippen molar-refractivity contribution in [1.82, 2.24) is 15.2 Å². The number of benzene rings is 1. The van der Waals surface area contributed by atoms with Crippen molar-refractivity contribution in [2.45, 2.75) is 26.3 Å². The highest BCUT2D eigenvalue weighted by atomic mass is 15.2. The molecule has 3 rings (SSSR count). The van der Waals surface area contributed by atoms with Crippen LogP contribution in [0.15, 0.2) is 30.3 Å². The minimum atomic E-state index is 0.486. The van der Waals surface area contributed by atoms with Crippen LogP contribution in [0.5, 0.6) is 0 Å². The lowest BCUT2D eigenvalue weighted by molar-refractivity contribution is 0.233. The van der Waals surface area contributed by atoms with Gasteiger partial charge in [-0.1, -0.05) is 26.0 Å². The molecule has 0 atom stereocenters. The van der Waals surface area contributed by atoms with Crippen LogP contribution in [0, 0.1) is 0 Å². The molecule has 3 nitrogen and oxygen atoms in total. The number of piperazine rings is 1. The van der Waals surface area contributed by atoms with Crippen molar-refractivity contribution in [3.8, 4) is 0 Å². The van der Waals surface area contributed by atoms with E-state index in [-0.39, 0.29) is 0 Å². The van der Waals surface area contributed by atoms with Crippen molar-refractivity contribution in [1.29, 1.82) is 0 Å². The van der Waals surface area contributed by atoms with Crippen molar-refractivity contribution < 1.29 is 0 Å². The summed E-state index contributed by atoms with van der Waals surface area (Å²) in [6.45, 7) is 9.91. The van der Waals surface area contributed by atoms with Gasteiger partial charge in [0.1, 0.15) is 0 Å². The van der Waals surface area contributed by atoms with Crippen molar-refractivity contribution in [2.24, 2.45) is 0 Å². The zero-order chi connectivity index (χ0) is 13.9. The van der Waals surface area contributed by atoms with Gasteiger partial charge in [-0.05, 0) is 29.7 Å². The normalized spacial score (nSPS) is 16.9. The molecule has 20 heavy (non-hydrogen) atoms. The van der Waals surface area contributed by atoms with Gasteiger partial charge < -0.3 is 5.32 Å². The maximum Gasteiger partial charge on any atom is 0.0705 e. The summed E-state index contributed by atoms with van der Waals surface area (Å²) in [5.41, 5.74) is 3.67. The van der Waals surface area contributed by atoms with Gasteiger partial charge in [-0.25, -0.2) is 0 Å². The van der Waals surface area contributed by atoms with E-state index in [1.807, 2.05) is 0 Å². The van der Waals surface area contributed by atoms with Gasteiger partial charge in [0.25, 0.3) is 0 Å². The summed E-state index contributed by atoms with van der Waals surface area (Å²) < 4.78 is 0. The Hall–Kier alpha value is -1.45.